The summed E-state index contributed by atoms with van der Waals surface area (Å²) in [6.45, 7) is 9.49. The predicted octanol–water partition coefficient (Wildman–Crippen LogP) is 4.93. The van der Waals surface area contributed by atoms with Gasteiger partial charge in [0, 0.05) is 40.0 Å². The molecule has 0 aliphatic heterocycles. The van der Waals surface area contributed by atoms with Crippen LogP contribution in [0.5, 0.6) is 5.75 Å². The summed E-state index contributed by atoms with van der Waals surface area (Å²) in [5, 5.41) is 13.3. The third-order valence-electron chi connectivity index (χ3n) is 8.06. The number of anilines is 1. The normalized spacial score (nSPS) is 11.9. The van der Waals surface area contributed by atoms with Crippen LogP contribution in [0.25, 0.3) is 17.2 Å². The number of methoxy groups -OCH3 is 1. The molecule has 0 aliphatic carbocycles. The summed E-state index contributed by atoms with van der Waals surface area (Å²) in [5.74, 6) is -2.40. The Morgan fingerprint density at radius 2 is 1.68 bits per heavy atom. The highest BCUT2D eigenvalue weighted by atomic mass is 16.6. The van der Waals surface area contributed by atoms with E-state index in [9.17, 15) is 19.2 Å². The minimum Gasteiger partial charge on any atom is -0.496 e. The summed E-state index contributed by atoms with van der Waals surface area (Å²) in [6.07, 6.45) is 4.90. The van der Waals surface area contributed by atoms with Gasteiger partial charge < -0.3 is 36.3 Å². The summed E-state index contributed by atoms with van der Waals surface area (Å²) in [6, 6.07) is 11.7. The van der Waals surface area contributed by atoms with Gasteiger partial charge in [0.15, 0.2) is 5.69 Å². The zero-order chi connectivity index (χ0) is 36.8. The molecular weight excluding hydrogens is 640 g/mol. The molecule has 3 aromatic rings. The molecule has 50 heavy (non-hydrogen) atoms. The summed E-state index contributed by atoms with van der Waals surface area (Å²) in [7, 11) is 1.45. The molecule has 1 aromatic heterocycles. The minimum atomic E-state index is -0.916. The second kappa shape index (κ2) is 18.8. The summed E-state index contributed by atoms with van der Waals surface area (Å²) in [4.78, 5) is 57.2. The van der Waals surface area contributed by atoms with Gasteiger partial charge in [-0.2, -0.15) is 0 Å². The van der Waals surface area contributed by atoms with E-state index in [0.29, 0.717) is 35.5 Å². The first-order chi connectivity index (χ1) is 23.9. The van der Waals surface area contributed by atoms with Crippen molar-refractivity contribution in [3.63, 3.8) is 0 Å². The second-order valence-corrected chi connectivity index (χ2v) is 11.6. The van der Waals surface area contributed by atoms with E-state index in [2.05, 4.69) is 29.1 Å². The highest BCUT2D eigenvalue weighted by Gasteiger charge is 2.26. The lowest BCUT2D eigenvalue weighted by Gasteiger charge is -2.18. The number of aromatic nitrogens is 1. The van der Waals surface area contributed by atoms with Crippen molar-refractivity contribution in [1.82, 2.24) is 10.3 Å². The fraction of sp³-hybridized carbons (Fsp3) is 0.351. The van der Waals surface area contributed by atoms with E-state index in [0.717, 1.165) is 19.3 Å². The largest absolute Gasteiger partial charge is 0.496 e. The molecule has 0 spiro atoms. The van der Waals surface area contributed by atoms with Gasteiger partial charge in [-0.25, -0.2) is 9.78 Å². The zero-order valence-electron chi connectivity index (χ0n) is 29.0. The molecule has 0 fully saturated rings. The molecule has 13 heteroatoms. The molecule has 1 unspecified atom stereocenters. The van der Waals surface area contributed by atoms with E-state index in [-0.39, 0.29) is 53.0 Å². The molecule has 266 valence electrons. The van der Waals surface area contributed by atoms with E-state index in [1.165, 1.54) is 25.3 Å². The van der Waals surface area contributed by atoms with E-state index in [4.69, 9.17) is 31.1 Å². The molecule has 0 bridgehead atoms. The molecule has 1 heterocycles. The van der Waals surface area contributed by atoms with E-state index < -0.39 is 29.8 Å². The number of rotatable bonds is 18. The van der Waals surface area contributed by atoms with Crippen molar-refractivity contribution in [3.8, 4) is 16.9 Å². The molecule has 3 rings (SSSR count). The molecule has 0 saturated carbocycles. The minimum absolute atomic E-state index is 0.0330. The maximum absolute atomic E-state index is 13.8. The van der Waals surface area contributed by atoms with Crippen LogP contribution in [0.1, 0.15) is 88.9 Å². The Balaban J connectivity index is 2.03. The van der Waals surface area contributed by atoms with Gasteiger partial charge in [0.2, 0.25) is 0 Å². The Morgan fingerprint density at radius 1 is 0.980 bits per heavy atom. The first kappa shape index (κ1) is 38.9. The van der Waals surface area contributed by atoms with Crippen LogP contribution in [0.3, 0.4) is 0 Å². The molecular formula is C37H46N6O7. The number of nitrogens with one attached hydrogen (secondary N) is 3. The zero-order valence-corrected chi connectivity index (χ0v) is 29.0. The first-order valence-electron chi connectivity index (χ1n) is 16.4. The van der Waals surface area contributed by atoms with Gasteiger partial charge >= 0.3 is 11.9 Å². The third kappa shape index (κ3) is 10.2. The summed E-state index contributed by atoms with van der Waals surface area (Å²) < 4.78 is 16.2. The first-order valence-corrected chi connectivity index (χ1v) is 16.4. The van der Waals surface area contributed by atoms with Crippen LogP contribution in [-0.2, 0) is 14.3 Å². The number of ether oxygens (including phenoxy) is 3. The molecule has 2 amide bonds. The monoisotopic (exact) mass is 686 g/mol. The second-order valence-electron chi connectivity index (χ2n) is 11.6. The Bertz CT molecular complexity index is 1710. The third-order valence-corrected chi connectivity index (χ3v) is 8.06. The topological polar surface area (TPSA) is 209 Å². The van der Waals surface area contributed by atoms with Crippen LogP contribution in [0.15, 0.2) is 55.1 Å². The number of esters is 2. The van der Waals surface area contributed by atoms with E-state index in [1.807, 2.05) is 13.8 Å². The number of hydrogen-bond donors (Lipinski definition) is 5. The quantitative estimate of drug-likeness (QED) is 0.0527. The van der Waals surface area contributed by atoms with Gasteiger partial charge in [0.25, 0.3) is 11.8 Å². The number of nitrogen functional groups attached to an aromatic ring is 1. The lowest BCUT2D eigenvalue weighted by atomic mass is 9.94. The van der Waals surface area contributed by atoms with Gasteiger partial charge in [-0.05, 0) is 60.9 Å². The van der Waals surface area contributed by atoms with Gasteiger partial charge in [-0.15, -0.1) is 0 Å². The van der Waals surface area contributed by atoms with Gasteiger partial charge in [-0.1, -0.05) is 52.7 Å². The van der Waals surface area contributed by atoms with Crippen molar-refractivity contribution < 1.29 is 33.4 Å². The van der Waals surface area contributed by atoms with E-state index >= 15 is 0 Å². The lowest BCUT2D eigenvalue weighted by Crippen LogP contribution is -2.38. The average Bonchev–Trinajstić information content (AvgIpc) is 3.13. The fourth-order valence-corrected chi connectivity index (χ4v) is 4.83. The van der Waals surface area contributed by atoms with E-state index in [1.54, 1.807) is 36.4 Å². The number of unbranched alkanes of at least 4 members (excludes halogenated alkanes) is 2. The number of benzene rings is 2. The summed E-state index contributed by atoms with van der Waals surface area (Å²) in [5.41, 5.74) is 13.2. The number of hydrogen-bond acceptors (Lipinski definition) is 10. The Kier molecular flexibility index (Phi) is 14.7. The lowest BCUT2D eigenvalue weighted by molar-refractivity contribution is -0.147. The smallest absolute Gasteiger partial charge is 0.357 e. The van der Waals surface area contributed by atoms with Crippen molar-refractivity contribution in [2.24, 2.45) is 17.4 Å². The highest BCUT2D eigenvalue weighted by Crippen LogP contribution is 2.34. The highest BCUT2D eigenvalue weighted by molar-refractivity contribution is 6.11. The number of carbonyl (C=O) groups is 4. The van der Waals surface area contributed by atoms with Crippen molar-refractivity contribution in [2.45, 2.75) is 52.5 Å². The maximum atomic E-state index is 13.8. The number of pyridine rings is 1. The van der Waals surface area contributed by atoms with Gasteiger partial charge in [0.1, 0.15) is 36.5 Å². The number of nitrogens with two attached hydrogens (primary N) is 2. The Hall–Kier alpha value is -5.56. The Morgan fingerprint density at radius 3 is 2.30 bits per heavy atom. The molecule has 13 nitrogen and oxygen atoms in total. The number of nitrogens with zero attached hydrogens (tertiary/aromatic N) is 1. The summed E-state index contributed by atoms with van der Waals surface area (Å²) >= 11 is 0. The molecule has 0 aliphatic rings. The molecule has 0 saturated heterocycles. The van der Waals surface area contributed by atoms with Crippen LogP contribution in [0.4, 0.5) is 5.69 Å². The van der Waals surface area contributed by atoms with Crippen LogP contribution in [0.2, 0.25) is 0 Å². The van der Waals surface area contributed by atoms with Gasteiger partial charge in [0.05, 0.1) is 7.11 Å². The fourth-order valence-electron chi connectivity index (χ4n) is 4.83. The van der Waals surface area contributed by atoms with Crippen LogP contribution >= 0.6 is 0 Å². The number of carbonyl (C=O) groups excluding carboxylic acids is 4. The average molecular weight is 687 g/mol. The maximum Gasteiger partial charge on any atom is 0.357 e. The van der Waals surface area contributed by atoms with Crippen molar-refractivity contribution in [3.05, 3.63) is 83.2 Å². The van der Waals surface area contributed by atoms with Crippen molar-refractivity contribution in [2.75, 3.05) is 32.2 Å². The van der Waals surface area contributed by atoms with Crippen LogP contribution in [-0.4, -0.2) is 67.5 Å². The Labute approximate surface area is 292 Å². The van der Waals surface area contributed by atoms with Crippen molar-refractivity contribution >= 4 is 41.4 Å². The molecule has 7 N–H and O–H groups in total. The standard InChI is InChI=1S/C37H46N6O7/c1-6-9-10-17-41-35(45)29-16-15-26(32(43-29)37(47)50-19-18-49-36(46)31(38)22(4)7-2)27-21-30(48-5)23(8-3)20-28(27)34(44)42-25-13-11-24(12-14-25)33(39)40/h8,11-16,20-22,31H,3,6-7,9-10,17-19,38H2,1-2,4-5H3,(H3,39,40)(H,41,45)(H,42,44)/t22?,31-/m0/s1. The predicted molar refractivity (Wildman–Crippen MR) is 192 cm³/mol. The van der Waals surface area contributed by atoms with Crippen molar-refractivity contribution in [1.29, 1.82) is 5.41 Å². The van der Waals surface area contributed by atoms with Crippen LogP contribution in [0, 0.1) is 11.3 Å². The SMILES string of the molecule is C=Cc1cc(C(=O)Nc2ccc(C(=N)N)cc2)c(-c2ccc(C(=O)NCCCCC)nc2C(=O)OCCOC(=O)[C@@H](N)C(C)CC)cc1OC. The number of amidine groups is 1. The van der Waals surface area contributed by atoms with Crippen LogP contribution < -0.4 is 26.8 Å². The van der Waals surface area contributed by atoms with Gasteiger partial charge in [-0.3, -0.25) is 19.8 Å². The number of amides is 2. The molecule has 2 aromatic carbocycles. The molecule has 2 atom stereocenters. The molecule has 0 radical (unpaired) electrons.